The van der Waals surface area contributed by atoms with Crippen LogP contribution < -0.4 is 0 Å². The normalized spacial score (nSPS) is 28.9. The largest absolute Gasteiger partial charge is 0.372 e. The van der Waals surface area contributed by atoms with E-state index in [1.54, 1.807) is 5.56 Å². The number of nitrogens with zero attached hydrogens (tertiary/aromatic N) is 1. The van der Waals surface area contributed by atoms with Gasteiger partial charge in [0.05, 0.1) is 0 Å². The average Bonchev–Trinajstić information content (AvgIpc) is 3.45. The number of likely N-dealkylation sites (tertiary alicyclic amines) is 1. The molecule has 2 saturated carbocycles. The van der Waals surface area contributed by atoms with Crippen LogP contribution in [0.3, 0.4) is 0 Å². The number of nitrogens with one attached hydrogen (secondary N) is 1. The average molecular weight is 377 g/mol. The zero-order chi connectivity index (χ0) is 19.3. The van der Waals surface area contributed by atoms with Crippen LogP contribution in [0, 0.1) is 11.8 Å². The molecule has 1 aromatic heterocycles. The van der Waals surface area contributed by atoms with Crippen molar-refractivity contribution < 1.29 is 0 Å². The van der Waals surface area contributed by atoms with Crippen molar-refractivity contribution in [3.8, 4) is 0 Å². The van der Waals surface area contributed by atoms with Gasteiger partial charge in [0.2, 0.25) is 0 Å². The van der Waals surface area contributed by atoms with Crippen molar-refractivity contribution in [2.24, 2.45) is 11.8 Å². The molecule has 0 bridgehead atoms. The van der Waals surface area contributed by atoms with Gasteiger partial charge in [0.1, 0.15) is 0 Å². The maximum absolute atomic E-state index is 4.61. The molecule has 2 heteroatoms. The highest BCUT2D eigenvalue weighted by Gasteiger charge is 2.37. The molecular formula is C26H36N2. The molecule has 1 saturated heterocycles. The van der Waals surface area contributed by atoms with Crippen LogP contribution in [0.25, 0.3) is 10.9 Å². The Hall–Kier alpha value is -1.70. The smallest absolute Gasteiger partial charge is 0.0459 e. The Morgan fingerprint density at radius 1 is 1.18 bits per heavy atom. The molecule has 4 unspecified atom stereocenters. The summed E-state index contributed by atoms with van der Waals surface area (Å²) < 4.78 is 0. The predicted octanol–water partition coefficient (Wildman–Crippen LogP) is 6.95. The van der Waals surface area contributed by atoms with E-state index in [-0.39, 0.29) is 0 Å². The Morgan fingerprint density at radius 2 is 2.04 bits per heavy atom. The lowest BCUT2D eigenvalue weighted by atomic mass is 9.72. The summed E-state index contributed by atoms with van der Waals surface area (Å²) in [4.78, 5) is 6.27. The second-order valence-electron chi connectivity index (χ2n) is 9.93. The van der Waals surface area contributed by atoms with Crippen LogP contribution in [0.15, 0.2) is 36.7 Å². The highest BCUT2D eigenvalue weighted by atomic mass is 15.2. The third-order valence-electron chi connectivity index (χ3n) is 7.99. The van der Waals surface area contributed by atoms with Gasteiger partial charge in [-0.25, -0.2) is 0 Å². The second kappa shape index (κ2) is 7.28. The molecule has 3 fully saturated rings. The number of hydrogen-bond acceptors (Lipinski definition) is 1. The van der Waals surface area contributed by atoms with Gasteiger partial charge in [-0.1, -0.05) is 45.4 Å². The van der Waals surface area contributed by atoms with Gasteiger partial charge >= 0.3 is 0 Å². The molecule has 2 aliphatic carbocycles. The van der Waals surface area contributed by atoms with Gasteiger partial charge in [0, 0.05) is 35.4 Å². The van der Waals surface area contributed by atoms with Gasteiger partial charge in [-0.3, -0.25) is 0 Å². The first-order valence-electron chi connectivity index (χ1n) is 11.7. The molecule has 0 spiro atoms. The molecule has 1 aliphatic heterocycles. The van der Waals surface area contributed by atoms with Crippen LogP contribution in [0.4, 0.5) is 0 Å². The zero-order valence-electron chi connectivity index (χ0n) is 17.7. The van der Waals surface area contributed by atoms with Crippen molar-refractivity contribution in [1.82, 2.24) is 9.88 Å². The zero-order valence-corrected chi connectivity index (χ0v) is 17.7. The molecule has 150 valence electrons. The lowest BCUT2D eigenvalue weighted by molar-refractivity contribution is 0.0525. The van der Waals surface area contributed by atoms with E-state index < -0.39 is 0 Å². The number of aromatic nitrogens is 1. The standard InChI is InChI=1S/C26H36N2/c1-17-7-4-11-25-21(17)9-6-14-28(25)19(3)15-18(2)23-16-27-24-10-5-8-22(26(23)24)20-12-13-20/h5,8,10,16-18,20-21,25,27H,3-4,6-7,9,11-15H2,1-2H3. The maximum atomic E-state index is 4.61. The first kappa shape index (κ1) is 18.3. The highest BCUT2D eigenvalue weighted by Crippen LogP contribution is 2.46. The molecule has 1 aromatic carbocycles. The molecule has 2 aromatic rings. The summed E-state index contributed by atoms with van der Waals surface area (Å²) in [6.07, 6.45) is 13.1. The predicted molar refractivity (Wildman–Crippen MR) is 119 cm³/mol. The molecule has 3 aliphatic rings. The third-order valence-corrected chi connectivity index (χ3v) is 7.99. The van der Waals surface area contributed by atoms with Crippen LogP contribution >= 0.6 is 0 Å². The number of hydrogen-bond donors (Lipinski definition) is 1. The molecule has 2 nitrogen and oxygen atoms in total. The highest BCUT2D eigenvalue weighted by molar-refractivity contribution is 5.88. The molecule has 28 heavy (non-hydrogen) atoms. The van der Waals surface area contributed by atoms with E-state index in [1.165, 1.54) is 73.7 Å². The Kier molecular flexibility index (Phi) is 4.77. The fourth-order valence-electron chi connectivity index (χ4n) is 6.32. The van der Waals surface area contributed by atoms with Crippen LogP contribution in [-0.4, -0.2) is 22.5 Å². The SMILES string of the molecule is C=C(CC(C)c1c[nH]c2cccc(C3CC3)c12)N1CCCC2C(C)CCCC21. The minimum atomic E-state index is 0.516. The number of aromatic amines is 1. The summed E-state index contributed by atoms with van der Waals surface area (Å²) in [7, 11) is 0. The van der Waals surface area contributed by atoms with E-state index in [0.29, 0.717) is 5.92 Å². The van der Waals surface area contributed by atoms with Crippen molar-refractivity contribution >= 4 is 10.9 Å². The summed E-state index contributed by atoms with van der Waals surface area (Å²) in [5, 5.41) is 1.51. The van der Waals surface area contributed by atoms with Gasteiger partial charge in [-0.2, -0.15) is 0 Å². The van der Waals surface area contributed by atoms with E-state index in [1.807, 2.05) is 0 Å². The van der Waals surface area contributed by atoms with Gasteiger partial charge in [0.15, 0.2) is 0 Å². The molecule has 5 rings (SSSR count). The Morgan fingerprint density at radius 3 is 2.86 bits per heavy atom. The molecule has 0 amide bonds. The van der Waals surface area contributed by atoms with Crippen molar-refractivity contribution in [3.63, 3.8) is 0 Å². The van der Waals surface area contributed by atoms with Crippen LogP contribution in [-0.2, 0) is 0 Å². The van der Waals surface area contributed by atoms with Crippen molar-refractivity contribution in [2.75, 3.05) is 6.54 Å². The fourth-order valence-corrected chi connectivity index (χ4v) is 6.32. The Balaban J connectivity index is 1.36. The summed E-state index contributed by atoms with van der Waals surface area (Å²) in [5.74, 6) is 3.09. The van der Waals surface area contributed by atoms with Crippen LogP contribution in [0.2, 0.25) is 0 Å². The first-order chi connectivity index (χ1) is 13.6. The topological polar surface area (TPSA) is 19.0 Å². The van der Waals surface area contributed by atoms with E-state index in [9.17, 15) is 0 Å². The van der Waals surface area contributed by atoms with E-state index in [2.05, 4.69) is 54.7 Å². The summed E-state index contributed by atoms with van der Waals surface area (Å²) in [5.41, 5.74) is 5.78. The summed E-state index contributed by atoms with van der Waals surface area (Å²) in [6.45, 7) is 10.7. The second-order valence-corrected chi connectivity index (χ2v) is 9.93. The first-order valence-corrected chi connectivity index (χ1v) is 11.7. The fraction of sp³-hybridized carbons (Fsp3) is 0.615. The van der Waals surface area contributed by atoms with E-state index in [0.717, 1.165) is 30.2 Å². The van der Waals surface area contributed by atoms with Gasteiger partial charge in [-0.15, -0.1) is 0 Å². The maximum Gasteiger partial charge on any atom is 0.0459 e. The van der Waals surface area contributed by atoms with Gasteiger partial charge in [-0.05, 0) is 79.4 Å². The number of piperidine rings is 1. The summed E-state index contributed by atoms with van der Waals surface area (Å²) in [6, 6.07) is 7.57. The van der Waals surface area contributed by atoms with Crippen molar-refractivity contribution in [1.29, 1.82) is 0 Å². The number of rotatable bonds is 5. The molecule has 2 heterocycles. The van der Waals surface area contributed by atoms with Crippen molar-refractivity contribution in [3.05, 3.63) is 47.8 Å². The molecule has 4 atom stereocenters. The van der Waals surface area contributed by atoms with Gasteiger partial charge < -0.3 is 9.88 Å². The van der Waals surface area contributed by atoms with Crippen molar-refractivity contribution in [2.45, 2.75) is 83.1 Å². The van der Waals surface area contributed by atoms with E-state index >= 15 is 0 Å². The van der Waals surface area contributed by atoms with Crippen LogP contribution in [0.5, 0.6) is 0 Å². The Labute approximate surface area is 170 Å². The quantitative estimate of drug-likeness (QED) is 0.598. The lowest BCUT2D eigenvalue weighted by Gasteiger charge is -2.49. The molecular weight excluding hydrogens is 340 g/mol. The number of H-pyrrole nitrogens is 1. The third kappa shape index (κ3) is 3.19. The van der Waals surface area contributed by atoms with E-state index in [4.69, 9.17) is 0 Å². The lowest BCUT2D eigenvalue weighted by Crippen LogP contribution is -2.48. The minimum absolute atomic E-state index is 0.516. The minimum Gasteiger partial charge on any atom is -0.372 e. The summed E-state index contributed by atoms with van der Waals surface area (Å²) >= 11 is 0. The number of benzene rings is 1. The molecule has 0 radical (unpaired) electrons. The molecule has 1 N–H and O–H groups in total. The monoisotopic (exact) mass is 376 g/mol. The number of allylic oxidation sites excluding steroid dienone is 1. The van der Waals surface area contributed by atoms with Gasteiger partial charge in [0.25, 0.3) is 0 Å². The van der Waals surface area contributed by atoms with Crippen LogP contribution in [0.1, 0.15) is 88.2 Å². The Bertz CT molecular complexity index is 858. The number of fused-ring (bicyclic) bond motifs is 2.